The van der Waals surface area contributed by atoms with Crippen LogP contribution in [0.4, 0.5) is 0 Å². The fourth-order valence-electron chi connectivity index (χ4n) is 3.08. The maximum absolute atomic E-state index is 12.4. The number of piperidine rings is 1. The summed E-state index contributed by atoms with van der Waals surface area (Å²) in [5.41, 5.74) is 2.36. The average molecular weight is 348 g/mol. The molecule has 0 saturated carbocycles. The molecule has 0 aromatic heterocycles. The van der Waals surface area contributed by atoms with Crippen LogP contribution < -0.4 is 5.32 Å². The minimum absolute atomic E-state index is 0.0534. The van der Waals surface area contributed by atoms with Crippen LogP contribution in [0.15, 0.2) is 48.5 Å². The monoisotopic (exact) mass is 347 g/mol. The first-order valence-corrected chi connectivity index (χ1v) is 8.65. The second-order valence-electron chi connectivity index (χ2n) is 6.14. The average Bonchev–Trinajstić information content (AvgIpc) is 2.54. The maximum Gasteiger partial charge on any atom is 0.223 e. The number of halogens is 2. The number of rotatable bonds is 4. The number of hydrogen-bond donors (Lipinski definition) is 1. The Morgan fingerprint density at radius 3 is 1.87 bits per heavy atom. The molecule has 1 aliphatic heterocycles. The highest BCUT2D eigenvalue weighted by atomic mass is 35.5. The van der Waals surface area contributed by atoms with E-state index in [2.05, 4.69) is 5.32 Å². The topological polar surface area (TPSA) is 29.1 Å². The molecule has 2 nitrogen and oxygen atoms in total. The van der Waals surface area contributed by atoms with Gasteiger partial charge in [-0.25, -0.2) is 0 Å². The SMILES string of the molecule is O=C1N[C@@H](Cc2ccc(Cl)cc2)CC[C@H]1Cc1ccc(Cl)cc1. The molecule has 1 amide bonds. The molecule has 1 saturated heterocycles. The number of hydrogen-bond acceptors (Lipinski definition) is 1. The van der Waals surface area contributed by atoms with Crippen LogP contribution in [0.1, 0.15) is 24.0 Å². The Kier molecular flexibility index (Phi) is 5.24. The predicted molar refractivity (Wildman–Crippen MR) is 95.0 cm³/mol. The molecule has 2 aromatic carbocycles. The lowest BCUT2D eigenvalue weighted by molar-refractivity contribution is -0.127. The van der Waals surface area contributed by atoms with Crippen molar-refractivity contribution in [3.63, 3.8) is 0 Å². The Bertz CT molecular complexity index is 667. The summed E-state index contributed by atoms with van der Waals surface area (Å²) in [6.07, 6.45) is 3.56. The lowest BCUT2D eigenvalue weighted by Crippen LogP contribution is -2.45. The maximum atomic E-state index is 12.4. The minimum atomic E-state index is 0.0534. The molecule has 2 atom stereocenters. The second kappa shape index (κ2) is 7.37. The van der Waals surface area contributed by atoms with Crippen molar-refractivity contribution < 1.29 is 4.79 Å². The summed E-state index contributed by atoms with van der Waals surface area (Å²) < 4.78 is 0. The summed E-state index contributed by atoms with van der Waals surface area (Å²) >= 11 is 11.8. The van der Waals surface area contributed by atoms with E-state index in [4.69, 9.17) is 23.2 Å². The van der Waals surface area contributed by atoms with Gasteiger partial charge in [-0.1, -0.05) is 47.5 Å². The summed E-state index contributed by atoms with van der Waals surface area (Å²) in [6, 6.07) is 15.8. The molecule has 0 radical (unpaired) electrons. The van der Waals surface area contributed by atoms with Gasteiger partial charge in [-0.2, -0.15) is 0 Å². The normalized spacial score (nSPS) is 21.0. The van der Waals surface area contributed by atoms with Crippen molar-refractivity contribution in [2.24, 2.45) is 5.92 Å². The number of carbonyl (C=O) groups is 1. The van der Waals surface area contributed by atoms with Crippen LogP contribution in [-0.4, -0.2) is 11.9 Å². The minimum Gasteiger partial charge on any atom is -0.353 e. The van der Waals surface area contributed by atoms with Gasteiger partial charge in [-0.15, -0.1) is 0 Å². The lowest BCUT2D eigenvalue weighted by Gasteiger charge is -2.29. The van der Waals surface area contributed by atoms with Gasteiger partial charge in [0.2, 0.25) is 5.91 Å². The Balaban J connectivity index is 1.55. The summed E-state index contributed by atoms with van der Waals surface area (Å²) in [7, 11) is 0. The quantitative estimate of drug-likeness (QED) is 0.855. The Labute approximate surface area is 146 Å². The van der Waals surface area contributed by atoms with Crippen LogP contribution in [0.2, 0.25) is 10.0 Å². The largest absolute Gasteiger partial charge is 0.353 e. The van der Waals surface area contributed by atoms with E-state index in [0.29, 0.717) is 0 Å². The summed E-state index contributed by atoms with van der Waals surface area (Å²) in [6.45, 7) is 0. The third-order valence-electron chi connectivity index (χ3n) is 4.37. The van der Waals surface area contributed by atoms with Gasteiger partial charge >= 0.3 is 0 Å². The number of carbonyl (C=O) groups excluding carboxylic acids is 1. The van der Waals surface area contributed by atoms with Crippen LogP contribution in [0.5, 0.6) is 0 Å². The molecular weight excluding hydrogens is 329 g/mol. The van der Waals surface area contributed by atoms with E-state index in [1.165, 1.54) is 5.56 Å². The molecular formula is C19H19Cl2NO. The zero-order valence-corrected chi connectivity index (χ0v) is 14.3. The zero-order chi connectivity index (χ0) is 16.2. The second-order valence-corrected chi connectivity index (χ2v) is 7.01. The summed E-state index contributed by atoms with van der Waals surface area (Å²) in [5, 5.41) is 4.63. The number of amides is 1. The van der Waals surface area contributed by atoms with Crippen molar-refractivity contribution in [2.45, 2.75) is 31.7 Å². The standard InChI is InChI=1S/C19H19Cl2NO/c20-16-6-1-13(2-7-16)11-15-5-10-18(22-19(15)23)12-14-3-8-17(21)9-4-14/h1-4,6-9,15,18H,5,10-12H2,(H,22,23)/t15-,18+/m0/s1. The van der Waals surface area contributed by atoms with Crippen molar-refractivity contribution in [2.75, 3.05) is 0 Å². The molecule has 0 unspecified atom stereocenters. The van der Waals surface area contributed by atoms with E-state index >= 15 is 0 Å². The molecule has 1 fully saturated rings. The molecule has 0 aliphatic carbocycles. The molecule has 3 rings (SSSR count). The van der Waals surface area contributed by atoms with Gasteiger partial charge in [0.05, 0.1) is 0 Å². The fraction of sp³-hybridized carbons (Fsp3) is 0.316. The first kappa shape index (κ1) is 16.4. The Hall–Kier alpha value is -1.51. The van der Waals surface area contributed by atoms with Crippen LogP contribution in [0.3, 0.4) is 0 Å². The third kappa shape index (κ3) is 4.49. The van der Waals surface area contributed by atoms with E-state index in [1.807, 2.05) is 48.5 Å². The van der Waals surface area contributed by atoms with Crippen molar-refractivity contribution in [3.8, 4) is 0 Å². The van der Waals surface area contributed by atoms with Crippen LogP contribution in [0, 0.1) is 5.92 Å². The molecule has 1 N–H and O–H groups in total. The first-order valence-electron chi connectivity index (χ1n) is 7.89. The van der Waals surface area contributed by atoms with Gasteiger partial charge in [-0.3, -0.25) is 4.79 Å². The smallest absolute Gasteiger partial charge is 0.223 e. The van der Waals surface area contributed by atoms with Crippen LogP contribution in [0.25, 0.3) is 0 Å². The van der Waals surface area contributed by atoms with E-state index in [-0.39, 0.29) is 17.9 Å². The van der Waals surface area contributed by atoms with Gasteiger partial charge in [-0.05, 0) is 61.1 Å². The van der Waals surface area contributed by atoms with Crippen LogP contribution in [-0.2, 0) is 17.6 Å². The molecule has 2 aromatic rings. The van der Waals surface area contributed by atoms with Gasteiger partial charge < -0.3 is 5.32 Å². The van der Waals surface area contributed by atoms with E-state index in [0.717, 1.165) is 41.3 Å². The Morgan fingerprint density at radius 2 is 1.35 bits per heavy atom. The molecule has 23 heavy (non-hydrogen) atoms. The van der Waals surface area contributed by atoms with Crippen molar-refractivity contribution in [1.29, 1.82) is 0 Å². The lowest BCUT2D eigenvalue weighted by atomic mass is 9.87. The highest BCUT2D eigenvalue weighted by Crippen LogP contribution is 2.23. The summed E-state index contributed by atoms with van der Waals surface area (Å²) in [4.78, 5) is 12.4. The molecule has 1 heterocycles. The molecule has 4 heteroatoms. The first-order chi connectivity index (χ1) is 11.1. The van der Waals surface area contributed by atoms with Gasteiger partial charge in [0, 0.05) is 22.0 Å². The molecule has 120 valence electrons. The van der Waals surface area contributed by atoms with Crippen molar-refractivity contribution in [3.05, 3.63) is 69.7 Å². The summed E-state index contributed by atoms with van der Waals surface area (Å²) in [5.74, 6) is 0.211. The Morgan fingerprint density at radius 1 is 0.826 bits per heavy atom. The van der Waals surface area contributed by atoms with Crippen LogP contribution >= 0.6 is 23.2 Å². The highest BCUT2D eigenvalue weighted by molar-refractivity contribution is 6.30. The fourth-order valence-corrected chi connectivity index (χ4v) is 3.33. The van der Waals surface area contributed by atoms with E-state index in [1.54, 1.807) is 0 Å². The van der Waals surface area contributed by atoms with Crippen molar-refractivity contribution in [1.82, 2.24) is 5.32 Å². The van der Waals surface area contributed by atoms with Gasteiger partial charge in [0.25, 0.3) is 0 Å². The number of nitrogens with one attached hydrogen (secondary N) is 1. The number of benzene rings is 2. The van der Waals surface area contributed by atoms with Gasteiger partial charge in [0.1, 0.15) is 0 Å². The molecule has 0 spiro atoms. The zero-order valence-electron chi connectivity index (χ0n) is 12.8. The predicted octanol–water partition coefficient (Wildman–Crippen LogP) is 4.67. The van der Waals surface area contributed by atoms with Crippen molar-refractivity contribution >= 4 is 29.1 Å². The highest BCUT2D eigenvalue weighted by Gasteiger charge is 2.27. The van der Waals surface area contributed by atoms with E-state index in [9.17, 15) is 4.79 Å². The third-order valence-corrected chi connectivity index (χ3v) is 4.88. The molecule has 1 aliphatic rings. The van der Waals surface area contributed by atoms with Gasteiger partial charge in [0.15, 0.2) is 0 Å². The van der Waals surface area contributed by atoms with E-state index < -0.39 is 0 Å². The molecule has 0 bridgehead atoms.